The summed E-state index contributed by atoms with van der Waals surface area (Å²) in [7, 11) is -1.33. The summed E-state index contributed by atoms with van der Waals surface area (Å²) in [5.74, 6) is 0.745. The van der Waals surface area contributed by atoms with E-state index in [1.807, 2.05) is 73.8 Å². The molecule has 42 heavy (non-hydrogen) atoms. The Morgan fingerprint density at radius 2 is 1.88 bits per heavy atom. The Morgan fingerprint density at radius 3 is 2.60 bits per heavy atom. The largest absolute Gasteiger partial charge is 0.497 e. The predicted molar refractivity (Wildman–Crippen MR) is 169 cm³/mol. The molecule has 0 aliphatic carbocycles. The highest BCUT2D eigenvalue weighted by Crippen LogP contribution is 2.52. The van der Waals surface area contributed by atoms with Crippen molar-refractivity contribution >= 4 is 33.3 Å². The van der Waals surface area contributed by atoms with Gasteiger partial charge < -0.3 is 25.5 Å². The Bertz CT molecular complexity index is 1510. The fraction of sp³-hybridized carbons (Fsp3) is 0.344. The van der Waals surface area contributed by atoms with Crippen molar-refractivity contribution in [2.45, 2.75) is 44.9 Å². The topological polar surface area (TPSA) is 130 Å². The third-order valence-corrected chi connectivity index (χ3v) is 9.72. The molecule has 224 valence electrons. The number of nitrogens with zero attached hydrogens (tertiary/aromatic N) is 1. The molecule has 1 aliphatic rings. The fourth-order valence-electron chi connectivity index (χ4n) is 5.52. The molecule has 9 nitrogen and oxygen atoms in total. The number of carbonyl (C=O) groups is 1. The zero-order chi connectivity index (χ0) is 29.7. The van der Waals surface area contributed by atoms with Crippen molar-refractivity contribution in [3.63, 3.8) is 0 Å². The van der Waals surface area contributed by atoms with Gasteiger partial charge in [0.1, 0.15) is 5.75 Å². The van der Waals surface area contributed by atoms with Gasteiger partial charge >= 0.3 is 0 Å². The smallest absolute Gasteiger partial charge is 0.251 e. The lowest BCUT2D eigenvalue weighted by Crippen LogP contribution is -2.48. The first kappa shape index (κ1) is 29.9. The lowest BCUT2D eigenvalue weighted by atomic mass is 9.99. The van der Waals surface area contributed by atoms with Crippen molar-refractivity contribution in [3.05, 3.63) is 95.2 Å². The normalized spacial score (nSPS) is 16.7. The molecule has 2 atom stereocenters. The van der Waals surface area contributed by atoms with E-state index >= 15 is 0 Å². The number of hydrogen-bond acceptors (Lipinski definition) is 7. The van der Waals surface area contributed by atoms with Crippen LogP contribution in [0, 0.1) is 0 Å². The number of aromatic nitrogens is 1. The highest BCUT2D eigenvalue weighted by molar-refractivity contribution is 8.25. The molecular weight excluding hydrogens is 552 g/mol. The molecule has 6 N–H and O–H groups in total. The van der Waals surface area contributed by atoms with E-state index in [0.717, 1.165) is 39.8 Å². The van der Waals surface area contributed by atoms with Gasteiger partial charge in [-0.3, -0.25) is 18.2 Å². The van der Waals surface area contributed by atoms with Crippen LogP contribution < -0.4 is 19.7 Å². The molecule has 3 aromatic carbocycles. The molecule has 0 spiro atoms. The van der Waals surface area contributed by atoms with Crippen LogP contribution >= 0.6 is 10.8 Å². The molecule has 4 aromatic rings. The Balaban J connectivity index is 1.38. The van der Waals surface area contributed by atoms with Crippen molar-refractivity contribution < 1.29 is 23.7 Å². The van der Waals surface area contributed by atoms with Gasteiger partial charge in [-0.25, -0.2) is 0 Å². The molecule has 0 bridgehead atoms. The van der Waals surface area contributed by atoms with Crippen LogP contribution in [-0.4, -0.2) is 63.2 Å². The van der Waals surface area contributed by atoms with Crippen LogP contribution in [0.15, 0.2) is 72.9 Å². The quantitative estimate of drug-likeness (QED) is 0.135. The summed E-state index contributed by atoms with van der Waals surface area (Å²) in [5.41, 5.74) is 4.86. The van der Waals surface area contributed by atoms with Gasteiger partial charge in [-0.15, -0.1) is 10.8 Å². The second kappa shape index (κ2) is 13.2. The molecule has 1 saturated heterocycles. The van der Waals surface area contributed by atoms with E-state index in [0.29, 0.717) is 42.9 Å². The van der Waals surface area contributed by atoms with Gasteiger partial charge in [0, 0.05) is 36.8 Å². The second-order valence-electron chi connectivity index (χ2n) is 10.7. The number of aliphatic hydroxyl groups is 1. The molecule has 2 heterocycles. The van der Waals surface area contributed by atoms with E-state index in [-0.39, 0.29) is 12.5 Å². The molecule has 1 fully saturated rings. The number of fused-ring (bicyclic) bond motifs is 1. The van der Waals surface area contributed by atoms with Crippen LogP contribution in [0.3, 0.4) is 0 Å². The highest BCUT2D eigenvalue weighted by Gasteiger charge is 2.32. The minimum atomic E-state index is -2.96. The first-order valence-electron chi connectivity index (χ1n) is 14.3. The van der Waals surface area contributed by atoms with Crippen LogP contribution in [0.2, 0.25) is 0 Å². The van der Waals surface area contributed by atoms with Gasteiger partial charge in [0.25, 0.3) is 5.91 Å². The molecule has 5 rings (SSSR count). The second-order valence-corrected chi connectivity index (χ2v) is 12.8. The van der Waals surface area contributed by atoms with E-state index in [1.54, 1.807) is 17.5 Å². The molecule has 1 amide bonds. The Hall–Kier alpha value is -3.54. The summed E-state index contributed by atoms with van der Waals surface area (Å²) < 4.78 is 28.4. The highest BCUT2D eigenvalue weighted by atomic mass is 32.3. The first-order valence-corrected chi connectivity index (χ1v) is 16.0. The van der Waals surface area contributed by atoms with E-state index in [1.165, 1.54) is 0 Å². The average Bonchev–Trinajstić information content (AvgIpc) is 3.58. The fourth-order valence-corrected chi connectivity index (χ4v) is 7.13. The summed E-state index contributed by atoms with van der Waals surface area (Å²) in [5, 5.41) is 18.5. The molecule has 0 unspecified atom stereocenters. The molecule has 0 saturated carbocycles. The van der Waals surface area contributed by atoms with Crippen molar-refractivity contribution in [2.24, 2.45) is 0 Å². The number of carbonyl (C=O) groups excluding carboxylic acids is 1. The Labute approximate surface area is 248 Å². The number of aryl methyl sites for hydroxylation is 1. The number of benzene rings is 3. The average molecular weight is 593 g/mol. The molecule has 1 aromatic heterocycles. The van der Waals surface area contributed by atoms with Gasteiger partial charge in [0.05, 0.1) is 36.2 Å². The first-order chi connectivity index (χ1) is 20.3. The standard InChI is InChI=1S/C32H40N4O5S/c1-3-24-20-34-31-27(24)17-25(18-29(31)36-13-8-14-42(36,39)40)32(38)35-28(16-22-9-5-4-6-10-22)30(37)21-33-19-23-11-7-12-26(15-23)41-2/h4-7,9-12,15,17-18,20,28,30,33-34,37,39-40H,3,8,13-14,16,19,21H2,1-2H3,(H,35,38)/t28-,30-/m0/s1. The van der Waals surface area contributed by atoms with Crippen molar-refractivity contribution in [1.82, 2.24) is 15.6 Å². The lowest BCUT2D eigenvalue weighted by Gasteiger charge is -2.38. The van der Waals surface area contributed by atoms with E-state index in [4.69, 9.17) is 4.74 Å². The van der Waals surface area contributed by atoms with Crippen molar-refractivity contribution in [2.75, 3.05) is 30.3 Å². The maximum absolute atomic E-state index is 13.8. The van der Waals surface area contributed by atoms with Gasteiger partial charge in [0.2, 0.25) is 0 Å². The van der Waals surface area contributed by atoms with Crippen LogP contribution in [-0.2, 0) is 19.4 Å². The minimum absolute atomic E-state index is 0.270. The van der Waals surface area contributed by atoms with Crippen LogP contribution in [0.4, 0.5) is 5.69 Å². The van der Waals surface area contributed by atoms with Crippen molar-refractivity contribution in [1.29, 1.82) is 0 Å². The van der Waals surface area contributed by atoms with Gasteiger partial charge in [-0.1, -0.05) is 49.4 Å². The Morgan fingerprint density at radius 1 is 1.10 bits per heavy atom. The molecular formula is C32H40N4O5S. The number of ether oxygens (including phenoxy) is 1. The molecule has 0 radical (unpaired) electrons. The van der Waals surface area contributed by atoms with Gasteiger partial charge in [-0.2, -0.15) is 0 Å². The molecule has 1 aliphatic heterocycles. The zero-order valence-corrected chi connectivity index (χ0v) is 24.9. The van der Waals surface area contributed by atoms with Crippen molar-refractivity contribution in [3.8, 4) is 5.75 Å². The number of nitrogens with one attached hydrogen (secondary N) is 3. The summed E-state index contributed by atoms with van der Waals surface area (Å²) in [6.07, 6.45) is 2.91. The number of aliphatic hydroxyl groups excluding tert-OH is 1. The number of anilines is 1. The van der Waals surface area contributed by atoms with E-state index < -0.39 is 22.9 Å². The summed E-state index contributed by atoms with van der Waals surface area (Å²) in [6.45, 7) is 3.35. The maximum atomic E-state index is 13.8. The SMILES string of the molecule is CCc1c[nH]c2c(N3CCCS3(O)O)cc(C(=O)N[C@@H](Cc3ccccc3)[C@@H](O)CNCc3cccc(OC)c3)cc12. The number of rotatable bonds is 12. The zero-order valence-electron chi connectivity index (χ0n) is 24.0. The number of amides is 1. The third-order valence-electron chi connectivity index (χ3n) is 7.79. The van der Waals surface area contributed by atoms with E-state index in [2.05, 4.69) is 15.6 Å². The van der Waals surface area contributed by atoms with Crippen LogP contribution in [0.25, 0.3) is 10.9 Å². The number of aromatic amines is 1. The van der Waals surface area contributed by atoms with Gasteiger partial charge in [0.15, 0.2) is 0 Å². The maximum Gasteiger partial charge on any atom is 0.251 e. The number of hydrogen-bond donors (Lipinski definition) is 6. The van der Waals surface area contributed by atoms with E-state index in [9.17, 15) is 19.0 Å². The number of methoxy groups -OCH3 is 1. The summed E-state index contributed by atoms with van der Waals surface area (Å²) in [6, 6.07) is 20.5. The van der Waals surface area contributed by atoms with Crippen LogP contribution in [0.1, 0.15) is 40.4 Å². The predicted octanol–water partition coefficient (Wildman–Crippen LogP) is 5.11. The van der Waals surface area contributed by atoms with Gasteiger partial charge in [-0.05, 0) is 60.2 Å². The molecule has 10 heteroatoms. The summed E-state index contributed by atoms with van der Waals surface area (Å²) in [4.78, 5) is 17.1. The summed E-state index contributed by atoms with van der Waals surface area (Å²) >= 11 is 0. The number of H-pyrrole nitrogens is 1. The Kier molecular flexibility index (Phi) is 9.40. The van der Waals surface area contributed by atoms with Crippen LogP contribution in [0.5, 0.6) is 5.75 Å². The minimum Gasteiger partial charge on any atom is -0.497 e. The lowest BCUT2D eigenvalue weighted by molar-refractivity contribution is 0.0830. The third kappa shape index (κ3) is 6.74. The monoisotopic (exact) mass is 592 g/mol.